The highest BCUT2D eigenvalue weighted by molar-refractivity contribution is 7.25. The molecule has 304 valence electrons. The SMILES string of the molecule is c1ccc(N(c2ccc3sc4ccccc4c3c2)c2cccc3c2-c2ccccc2C32c3ccccc3-c3ccc(N(c4ccccc4)c4cccc5c4oc4ccccc45)cc32)cc1. The molecule has 2 aliphatic rings. The Balaban J connectivity index is 1.03. The summed E-state index contributed by atoms with van der Waals surface area (Å²) in [6.45, 7) is 0. The van der Waals surface area contributed by atoms with E-state index in [2.05, 4.69) is 234 Å². The zero-order valence-corrected chi connectivity index (χ0v) is 36.0. The Hall–Kier alpha value is -8.18. The van der Waals surface area contributed by atoms with E-state index in [9.17, 15) is 0 Å². The van der Waals surface area contributed by atoms with Crippen LogP contribution in [0.15, 0.2) is 235 Å². The molecule has 0 saturated heterocycles. The van der Waals surface area contributed by atoms with Gasteiger partial charge >= 0.3 is 0 Å². The quantitative estimate of drug-likeness (QED) is 0.166. The van der Waals surface area contributed by atoms with Gasteiger partial charge in [-0.1, -0.05) is 152 Å². The highest BCUT2D eigenvalue weighted by atomic mass is 32.1. The summed E-state index contributed by atoms with van der Waals surface area (Å²) in [6.07, 6.45) is 0. The fourth-order valence-electron chi connectivity index (χ4n) is 11.3. The second-order valence-electron chi connectivity index (χ2n) is 17.1. The standard InChI is InChI=1S/C61H38N2OS/c1-3-17-39(18-4-1)62(41-34-36-58-49(37-41)46-23-10-14-32-57(46)65-58)54-29-16-28-52-59(54)48-24-8-12-27-51(48)61(52)50-26-11-7-21-43(50)44-35-33-42(38-53(44)61)63(40-19-5-2-6-20-40)55-30-15-25-47-45-22-9-13-31-56(45)64-60(47)55/h1-38H. The maximum absolute atomic E-state index is 6.74. The van der Waals surface area contributed by atoms with E-state index in [1.807, 2.05) is 17.4 Å². The Morgan fingerprint density at radius 2 is 0.892 bits per heavy atom. The molecule has 0 aliphatic heterocycles. The number of benzene rings is 10. The van der Waals surface area contributed by atoms with Gasteiger partial charge in [0.2, 0.25) is 0 Å². The van der Waals surface area contributed by atoms with Crippen LogP contribution in [-0.2, 0) is 5.41 Å². The van der Waals surface area contributed by atoms with Gasteiger partial charge in [0.05, 0.1) is 16.8 Å². The first kappa shape index (κ1) is 36.3. The summed E-state index contributed by atoms with van der Waals surface area (Å²) in [4.78, 5) is 4.85. The van der Waals surface area contributed by atoms with Crippen LogP contribution in [0, 0.1) is 0 Å². The molecule has 12 aromatic rings. The molecule has 2 heterocycles. The van der Waals surface area contributed by atoms with Gasteiger partial charge in [0.15, 0.2) is 5.58 Å². The molecule has 0 radical (unpaired) electrons. The summed E-state index contributed by atoms with van der Waals surface area (Å²) in [5.41, 5.74) is 17.9. The number of anilines is 6. The molecule has 1 atom stereocenters. The summed E-state index contributed by atoms with van der Waals surface area (Å²) in [5.74, 6) is 0. The zero-order valence-electron chi connectivity index (χ0n) is 35.2. The van der Waals surface area contributed by atoms with Gasteiger partial charge in [-0.2, -0.15) is 0 Å². The van der Waals surface area contributed by atoms with Crippen molar-refractivity contribution in [3.63, 3.8) is 0 Å². The summed E-state index contributed by atoms with van der Waals surface area (Å²) in [6, 6.07) is 84.5. The van der Waals surface area contributed by atoms with Crippen molar-refractivity contribution in [3.05, 3.63) is 253 Å². The van der Waals surface area contributed by atoms with Crippen molar-refractivity contribution >= 4 is 87.6 Å². The number of rotatable bonds is 6. The maximum atomic E-state index is 6.74. The Morgan fingerprint density at radius 1 is 0.338 bits per heavy atom. The first-order chi connectivity index (χ1) is 32.3. The lowest BCUT2D eigenvalue weighted by Crippen LogP contribution is -2.26. The van der Waals surface area contributed by atoms with Crippen LogP contribution in [0.1, 0.15) is 22.3 Å². The second kappa shape index (κ2) is 13.9. The highest BCUT2D eigenvalue weighted by Crippen LogP contribution is 2.65. The number of furan rings is 1. The Kier molecular flexibility index (Phi) is 7.77. The molecular formula is C61H38N2OS. The number of hydrogen-bond donors (Lipinski definition) is 0. The van der Waals surface area contributed by atoms with Crippen LogP contribution >= 0.6 is 11.3 Å². The van der Waals surface area contributed by atoms with Crippen molar-refractivity contribution in [3.8, 4) is 22.3 Å². The predicted molar refractivity (Wildman–Crippen MR) is 272 cm³/mol. The minimum Gasteiger partial charge on any atom is -0.454 e. The Labute approximate surface area is 380 Å². The van der Waals surface area contributed by atoms with Crippen LogP contribution < -0.4 is 9.80 Å². The largest absolute Gasteiger partial charge is 0.454 e. The summed E-state index contributed by atoms with van der Waals surface area (Å²) >= 11 is 1.86. The van der Waals surface area contributed by atoms with Crippen molar-refractivity contribution in [1.29, 1.82) is 0 Å². The maximum Gasteiger partial charge on any atom is 0.159 e. The van der Waals surface area contributed by atoms with Gasteiger partial charge in [-0.3, -0.25) is 0 Å². The Bertz CT molecular complexity index is 3870. The lowest BCUT2D eigenvalue weighted by atomic mass is 9.70. The molecule has 2 aromatic heterocycles. The number of thiophene rings is 1. The molecule has 0 bridgehead atoms. The van der Waals surface area contributed by atoms with Crippen LogP contribution in [-0.4, -0.2) is 0 Å². The van der Waals surface area contributed by atoms with Crippen LogP contribution in [0.25, 0.3) is 64.4 Å². The molecule has 0 fully saturated rings. The van der Waals surface area contributed by atoms with Gasteiger partial charge in [-0.05, 0) is 118 Å². The molecule has 0 amide bonds. The van der Waals surface area contributed by atoms with Gasteiger partial charge in [0.1, 0.15) is 5.58 Å². The van der Waals surface area contributed by atoms with E-state index in [4.69, 9.17) is 4.42 Å². The molecule has 10 aromatic carbocycles. The molecule has 65 heavy (non-hydrogen) atoms. The monoisotopic (exact) mass is 846 g/mol. The molecule has 0 N–H and O–H groups in total. The average molecular weight is 847 g/mol. The number of hydrogen-bond acceptors (Lipinski definition) is 4. The van der Waals surface area contributed by atoms with Crippen molar-refractivity contribution in [2.24, 2.45) is 0 Å². The third-order valence-corrected chi connectivity index (χ3v) is 15.0. The number of para-hydroxylation sites is 4. The third kappa shape index (κ3) is 5.11. The number of fused-ring (bicyclic) bond motifs is 16. The van der Waals surface area contributed by atoms with Crippen LogP contribution in [0.4, 0.5) is 34.1 Å². The molecule has 0 saturated carbocycles. The molecule has 2 aliphatic carbocycles. The van der Waals surface area contributed by atoms with E-state index in [0.717, 1.165) is 56.1 Å². The minimum atomic E-state index is -0.590. The van der Waals surface area contributed by atoms with Gasteiger partial charge < -0.3 is 14.2 Å². The van der Waals surface area contributed by atoms with E-state index in [0.29, 0.717) is 0 Å². The zero-order chi connectivity index (χ0) is 42.6. The van der Waals surface area contributed by atoms with Gasteiger partial charge in [0, 0.05) is 59.3 Å². The van der Waals surface area contributed by atoms with Gasteiger partial charge in [-0.15, -0.1) is 11.3 Å². The van der Waals surface area contributed by atoms with Gasteiger partial charge in [-0.25, -0.2) is 0 Å². The van der Waals surface area contributed by atoms with Crippen molar-refractivity contribution in [1.82, 2.24) is 0 Å². The molecule has 4 heteroatoms. The van der Waals surface area contributed by atoms with E-state index < -0.39 is 5.41 Å². The van der Waals surface area contributed by atoms with E-state index in [-0.39, 0.29) is 0 Å². The molecule has 14 rings (SSSR count). The number of nitrogens with zero attached hydrogens (tertiary/aromatic N) is 2. The third-order valence-electron chi connectivity index (χ3n) is 13.8. The second-order valence-corrected chi connectivity index (χ2v) is 18.2. The fourth-order valence-corrected chi connectivity index (χ4v) is 12.3. The van der Waals surface area contributed by atoms with E-state index in [1.165, 1.54) is 64.7 Å². The average Bonchev–Trinajstić information content (AvgIpc) is 4.11. The first-order valence-electron chi connectivity index (χ1n) is 22.3. The van der Waals surface area contributed by atoms with E-state index in [1.54, 1.807) is 0 Å². The molecule has 1 spiro atoms. The smallest absolute Gasteiger partial charge is 0.159 e. The predicted octanol–water partition coefficient (Wildman–Crippen LogP) is 17.2. The fraction of sp³-hybridized carbons (Fsp3) is 0.0164. The van der Waals surface area contributed by atoms with Crippen molar-refractivity contribution in [2.45, 2.75) is 5.41 Å². The van der Waals surface area contributed by atoms with Crippen LogP contribution in [0.3, 0.4) is 0 Å². The Morgan fingerprint density at radius 3 is 1.71 bits per heavy atom. The lowest BCUT2D eigenvalue weighted by molar-refractivity contribution is 0.669. The normalized spacial score (nSPS) is 14.5. The van der Waals surface area contributed by atoms with Crippen LogP contribution in [0.5, 0.6) is 0 Å². The molecular weight excluding hydrogens is 809 g/mol. The van der Waals surface area contributed by atoms with Crippen molar-refractivity contribution in [2.75, 3.05) is 9.80 Å². The van der Waals surface area contributed by atoms with Crippen LogP contribution in [0.2, 0.25) is 0 Å². The molecule has 3 nitrogen and oxygen atoms in total. The summed E-state index contributed by atoms with van der Waals surface area (Å²) < 4.78 is 9.34. The highest BCUT2D eigenvalue weighted by Gasteiger charge is 2.52. The van der Waals surface area contributed by atoms with Crippen molar-refractivity contribution < 1.29 is 4.42 Å². The lowest BCUT2D eigenvalue weighted by Gasteiger charge is -2.33. The first-order valence-corrected chi connectivity index (χ1v) is 23.1. The summed E-state index contributed by atoms with van der Waals surface area (Å²) in [5, 5.41) is 4.79. The van der Waals surface area contributed by atoms with E-state index >= 15 is 0 Å². The van der Waals surface area contributed by atoms with Gasteiger partial charge in [0.25, 0.3) is 0 Å². The molecule has 1 unspecified atom stereocenters. The minimum absolute atomic E-state index is 0.590. The topological polar surface area (TPSA) is 19.6 Å². The summed E-state index contributed by atoms with van der Waals surface area (Å²) in [7, 11) is 0.